The molecule has 4 aliphatic rings. The first-order chi connectivity index (χ1) is 15.7. The second-order valence-corrected chi connectivity index (χ2v) is 9.34. The molecule has 1 aromatic carbocycles. The zero-order chi connectivity index (χ0) is 23.5. The van der Waals surface area contributed by atoms with Crippen molar-refractivity contribution in [1.29, 1.82) is 0 Å². The van der Waals surface area contributed by atoms with Crippen LogP contribution in [0.4, 0.5) is 0 Å². The van der Waals surface area contributed by atoms with Gasteiger partial charge in [0.1, 0.15) is 22.8 Å². The normalized spacial score (nSPS) is 29.6. The Labute approximate surface area is 190 Å². The van der Waals surface area contributed by atoms with Crippen LogP contribution in [0.3, 0.4) is 0 Å². The maximum atomic E-state index is 13.5. The van der Waals surface area contributed by atoms with Gasteiger partial charge in [0.05, 0.1) is 12.2 Å². The number of hydrogen-bond acceptors (Lipinski definition) is 8. The molecule has 0 radical (unpaired) electrons. The van der Waals surface area contributed by atoms with Gasteiger partial charge in [-0.1, -0.05) is 12.1 Å². The first kappa shape index (κ1) is 21.7. The Hall–Kier alpha value is -3.17. The number of phenols is 1. The number of likely N-dealkylation sites (tertiary alicyclic amines) is 1. The highest BCUT2D eigenvalue weighted by Gasteiger charge is 2.60. The third kappa shape index (κ3) is 3.18. The average Bonchev–Trinajstić information content (AvgIpc) is 3.28. The monoisotopic (exact) mass is 454 g/mol. The predicted molar refractivity (Wildman–Crippen MR) is 116 cm³/mol. The van der Waals surface area contributed by atoms with E-state index in [1.54, 1.807) is 12.1 Å². The third-order valence-corrected chi connectivity index (χ3v) is 7.44. The van der Waals surface area contributed by atoms with E-state index in [0.29, 0.717) is 12.0 Å². The van der Waals surface area contributed by atoms with Gasteiger partial charge in [0.25, 0.3) is 5.91 Å². The summed E-state index contributed by atoms with van der Waals surface area (Å²) in [6, 6.07) is 4.76. The van der Waals surface area contributed by atoms with Crippen molar-refractivity contribution in [1.82, 2.24) is 10.2 Å². The molecule has 5 rings (SSSR count). The minimum Gasteiger partial charge on any atom is -0.508 e. The van der Waals surface area contributed by atoms with Crippen LogP contribution in [0.1, 0.15) is 36.8 Å². The third-order valence-electron chi connectivity index (χ3n) is 7.44. The van der Waals surface area contributed by atoms with Gasteiger partial charge in [0.15, 0.2) is 11.4 Å². The van der Waals surface area contributed by atoms with Crippen molar-refractivity contribution >= 4 is 23.2 Å². The van der Waals surface area contributed by atoms with Crippen LogP contribution in [0.25, 0.3) is 5.76 Å². The fourth-order valence-corrected chi connectivity index (χ4v) is 5.75. The van der Waals surface area contributed by atoms with Gasteiger partial charge >= 0.3 is 0 Å². The molecule has 1 aliphatic heterocycles. The van der Waals surface area contributed by atoms with E-state index in [1.807, 2.05) is 4.90 Å². The first-order valence-corrected chi connectivity index (χ1v) is 11.2. The van der Waals surface area contributed by atoms with E-state index in [4.69, 9.17) is 0 Å². The number of aliphatic hydroxyl groups is 3. The van der Waals surface area contributed by atoms with Gasteiger partial charge in [-0.05, 0) is 56.3 Å². The number of carbonyl (C=O) groups is 3. The first-order valence-electron chi connectivity index (χ1n) is 11.2. The summed E-state index contributed by atoms with van der Waals surface area (Å²) in [6.07, 6.45) is 2.25. The fraction of sp³-hybridized carbons (Fsp3) is 0.458. The van der Waals surface area contributed by atoms with E-state index in [2.05, 4.69) is 5.32 Å². The van der Waals surface area contributed by atoms with Crippen molar-refractivity contribution in [3.63, 3.8) is 0 Å². The lowest BCUT2D eigenvalue weighted by Crippen LogP contribution is -2.58. The molecule has 1 aromatic rings. The van der Waals surface area contributed by atoms with Gasteiger partial charge in [0.2, 0.25) is 5.78 Å². The molecule has 5 N–H and O–H groups in total. The number of nitrogens with one attached hydrogen (secondary N) is 1. The molecule has 3 unspecified atom stereocenters. The van der Waals surface area contributed by atoms with Gasteiger partial charge in [-0.25, -0.2) is 0 Å². The summed E-state index contributed by atoms with van der Waals surface area (Å²) in [5.74, 6) is -5.41. The molecular formula is C24H26N2O7. The molecule has 1 saturated carbocycles. The Balaban J connectivity index is 1.52. The van der Waals surface area contributed by atoms with Crippen LogP contribution in [-0.2, 0) is 20.8 Å². The summed E-state index contributed by atoms with van der Waals surface area (Å²) in [5.41, 5.74) is -2.42. The lowest BCUT2D eigenvalue weighted by molar-refractivity contribution is -0.147. The summed E-state index contributed by atoms with van der Waals surface area (Å²) in [4.78, 5) is 41.1. The molecule has 0 spiro atoms. The average molecular weight is 454 g/mol. The van der Waals surface area contributed by atoms with Gasteiger partial charge in [-0.15, -0.1) is 0 Å². The molecule has 0 aromatic heterocycles. The minimum atomic E-state index is -2.49. The van der Waals surface area contributed by atoms with E-state index in [0.717, 1.165) is 25.9 Å². The van der Waals surface area contributed by atoms with Crippen molar-refractivity contribution in [2.24, 2.45) is 11.8 Å². The highest BCUT2D eigenvalue weighted by molar-refractivity contribution is 6.23. The topological polar surface area (TPSA) is 147 Å². The van der Waals surface area contributed by atoms with E-state index in [1.165, 1.54) is 6.07 Å². The number of benzene rings is 1. The number of hydrogen-bond donors (Lipinski definition) is 5. The van der Waals surface area contributed by atoms with Gasteiger partial charge < -0.3 is 25.7 Å². The molecular weight excluding hydrogens is 428 g/mol. The van der Waals surface area contributed by atoms with E-state index >= 15 is 0 Å². The number of nitrogens with zero attached hydrogens (tertiary/aromatic N) is 1. The highest BCUT2D eigenvalue weighted by atomic mass is 16.3. The SMILES string of the molecule is O=C1CC2CC3Cc4cccc(O)c4C(O)=C3C(=O)C2(O)C(O)=C1C(=O)NCN1CCCC1. The number of amides is 1. The molecule has 3 aliphatic carbocycles. The maximum Gasteiger partial charge on any atom is 0.259 e. The molecule has 9 nitrogen and oxygen atoms in total. The van der Waals surface area contributed by atoms with Crippen molar-refractivity contribution in [2.75, 3.05) is 19.8 Å². The smallest absolute Gasteiger partial charge is 0.259 e. The number of aromatic hydroxyl groups is 1. The molecule has 1 saturated heterocycles. The van der Waals surface area contributed by atoms with Crippen LogP contribution in [-0.4, -0.2) is 68.2 Å². The van der Waals surface area contributed by atoms with Crippen molar-refractivity contribution in [2.45, 2.75) is 37.7 Å². The summed E-state index contributed by atoms with van der Waals surface area (Å²) in [7, 11) is 0. The summed E-state index contributed by atoms with van der Waals surface area (Å²) in [6.45, 7) is 1.82. The predicted octanol–water partition coefficient (Wildman–Crippen LogP) is 1.11. The number of ketones is 2. The van der Waals surface area contributed by atoms with Crippen LogP contribution in [0.5, 0.6) is 5.75 Å². The van der Waals surface area contributed by atoms with E-state index in [9.17, 15) is 34.8 Å². The number of fused-ring (bicyclic) bond motifs is 3. The number of phenolic OH excluding ortho intramolecular Hbond substituents is 1. The second kappa shape index (κ2) is 7.71. The Bertz CT molecular complexity index is 1130. The summed E-state index contributed by atoms with van der Waals surface area (Å²) < 4.78 is 0. The van der Waals surface area contributed by atoms with Gasteiger partial charge in [-0.3, -0.25) is 19.3 Å². The largest absolute Gasteiger partial charge is 0.508 e. The Kier molecular flexibility index (Phi) is 5.06. The fourth-order valence-electron chi connectivity index (χ4n) is 5.75. The van der Waals surface area contributed by atoms with Gasteiger partial charge in [-0.2, -0.15) is 0 Å². The Morgan fingerprint density at radius 2 is 1.85 bits per heavy atom. The maximum absolute atomic E-state index is 13.5. The highest BCUT2D eigenvalue weighted by Crippen LogP contribution is 2.51. The van der Waals surface area contributed by atoms with Crippen LogP contribution >= 0.6 is 0 Å². The van der Waals surface area contributed by atoms with E-state index in [-0.39, 0.29) is 36.4 Å². The molecule has 2 fully saturated rings. The molecule has 174 valence electrons. The van der Waals surface area contributed by atoms with Crippen LogP contribution < -0.4 is 5.32 Å². The molecule has 9 heteroatoms. The minimum absolute atomic E-state index is 0.0968. The van der Waals surface area contributed by atoms with Crippen molar-refractivity contribution < 1.29 is 34.8 Å². The van der Waals surface area contributed by atoms with Gasteiger partial charge in [0, 0.05) is 17.9 Å². The summed E-state index contributed by atoms with van der Waals surface area (Å²) >= 11 is 0. The van der Waals surface area contributed by atoms with Crippen LogP contribution in [0.2, 0.25) is 0 Å². The van der Waals surface area contributed by atoms with Crippen LogP contribution in [0, 0.1) is 11.8 Å². The lowest BCUT2D eigenvalue weighted by atomic mass is 9.59. The molecule has 1 heterocycles. The molecule has 33 heavy (non-hydrogen) atoms. The number of carbonyl (C=O) groups excluding carboxylic acids is 3. The van der Waals surface area contributed by atoms with Crippen LogP contribution in [0.15, 0.2) is 35.1 Å². The standard InChI is InChI=1S/C24H26N2O7/c27-15-5-3-4-12-8-13-9-14-10-16(28)19(23(32)25-11-26-6-1-2-7-26)22(31)24(14,33)21(30)18(13)20(29)17(12)15/h3-5,13-14,27,29,31,33H,1-2,6-11H2,(H,25,32). The lowest BCUT2D eigenvalue weighted by Gasteiger charge is -2.46. The Morgan fingerprint density at radius 3 is 2.58 bits per heavy atom. The zero-order valence-electron chi connectivity index (χ0n) is 18.0. The zero-order valence-corrected chi connectivity index (χ0v) is 18.0. The van der Waals surface area contributed by atoms with Crippen molar-refractivity contribution in [3.05, 3.63) is 46.2 Å². The Morgan fingerprint density at radius 1 is 1.12 bits per heavy atom. The summed E-state index contributed by atoms with van der Waals surface area (Å²) in [5, 5.41) is 46.0. The van der Waals surface area contributed by atoms with Crippen molar-refractivity contribution in [3.8, 4) is 5.75 Å². The quantitative estimate of drug-likeness (QED) is 0.427. The number of Topliss-reactive ketones (excluding diaryl/α,β-unsaturated/α-hetero) is 2. The molecule has 0 bridgehead atoms. The number of rotatable bonds is 3. The molecule has 1 amide bonds. The number of aliphatic hydroxyl groups excluding tert-OH is 2. The molecule has 3 atom stereocenters. The second-order valence-electron chi connectivity index (χ2n) is 9.34. The van der Waals surface area contributed by atoms with E-state index < -0.39 is 52.0 Å².